The van der Waals surface area contributed by atoms with E-state index in [1.54, 1.807) is 16.7 Å². The standard InChI is InChI=1S/C13H23N3O2S.ClH/c14-6-3-7-15-12(17)11-8-19-9-16(11)13(18)10-4-1-2-5-10;/h10-11H,1-9,14H2,(H,15,17);1H. The van der Waals surface area contributed by atoms with Gasteiger partial charge in [-0.15, -0.1) is 24.2 Å². The molecule has 20 heavy (non-hydrogen) atoms. The topological polar surface area (TPSA) is 75.4 Å². The van der Waals surface area contributed by atoms with Crippen LogP contribution in [0.3, 0.4) is 0 Å². The summed E-state index contributed by atoms with van der Waals surface area (Å²) in [6.07, 6.45) is 5.04. The lowest BCUT2D eigenvalue weighted by atomic mass is 10.1. The van der Waals surface area contributed by atoms with E-state index in [2.05, 4.69) is 5.32 Å². The van der Waals surface area contributed by atoms with E-state index in [-0.39, 0.29) is 36.2 Å². The zero-order chi connectivity index (χ0) is 13.7. The second kappa shape index (κ2) is 8.74. The van der Waals surface area contributed by atoms with Gasteiger partial charge in [0.1, 0.15) is 6.04 Å². The van der Waals surface area contributed by atoms with E-state index in [0.717, 1.165) is 32.1 Å². The lowest BCUT2D eigenvalue weighted by Gasteiger charge is -2.25. The van der Waals surface area contributed by atoms with Crippen molar-refractivity contribution < 1.29 is 9.59 Å². The molecular formula is C13H24ClN3O2S. The van der Waals surface area contributed by atoms with Gasteiger partial charge in [0.05, 0.1) is 5.88 Å². The fraction of sp³-hybridized carbons (Fsp3) is 0.846. The van der Waals surface area contributed by atoms with Crippen LogP contribution in [0.25, 0.3) is 0 Å². The monoisotopic (exact) mass is 321 g/mol. The molecule has 0 aromatic rings. The van der Waals surface area contributed by atoms with Gasteiger partial charge in [0.15, 0.2) is 0 Å². The summed E-state index contributed by atoms with van der Waals surface area (Å²) in [5.74, 6) is 1.68. The number of nitrogens with zero attached hydrogens (tertiary/aromatic N) is 1. The van der Waals surface area contributed by atoms with Gasteiger partial charge < -0.3 is 16.0 Å². The molecule has 1 aliphatic carbocycles. The molecule has 2 amide bonds. The van der Waals surface area contributed by atoms with Gasteiger partial charge in [-0.2, -0.15) is 0 Å². The van der Waals surface area contributed by atoms with Gasteiger partial charge in [-0.1, -0.05) is 12.8 Å². The number of nitrogens with one attached hydrogen (secondary N) is 1. The molecular weight excluding hydrogens is 298 g/mol. The average molecular weight is 322 g/mol. The minimum atomic E-state index is -0.282. The second-order valence-corrected chi connectivity index (χ2v) is 6.24. The second-order valence-electron chi connectivity index (χ2n) is 5.24. The summed E-state index contributed by atoms with van der Waals surface area (Å²) in [5, 5.41) is 2.87. The van der Waals surface area contributed by atoms with E-state index in [9.17, 15) is 9.59 Å². The van der Waals surface area contributed by atoms with Crippen molar-refractivity contribution in [2.24, 2.45) is 11.7 Å². The molecule has 1 saturated carbocycles. The fourth-order valence-corrected chi connectivity index (χ4v) is 3.88. The van der Waals surface area contributed by atoms with Crippen LogP contribution in [-0.4, -0.2) is 47.5 Å². The molecule has 2 aliphatic rings. The third-order valence-corrected chi connectivity index (χ3v) is 4.86. The van der Waals surface area contributed by atoms with Crippen LogP contribution in [0.1, 0.15) is 32.1 Å². The predicted molar refractivity (Wildman–Crippen MR) is 83.8 cm³/mol. The third-order valence-electron chi connectivity index (χ3n) is 3.85. The van der Waals surface area contributed by atoms with Crippen molar-refractivity contribution in [3.63, 3.8) is 0 Å². The Balaban J connectivity index is 0.00000200. The molecule has 1 heterocycles. The Kier molecular flexibility index (Phi) is 7.69. The Morgan fingerprint density at radius 1 is 1.30 bits per heavy atom. The summed E-state index contributed by atoms with van der Waals surface area (Å²) >= 11 is 1.66. The largest absolute Gasteiger partial charge is 0.354 e. The van der Waals surface area contributed by atoms with Gasteiger partial charge in [-0.05, 0) is 25.8 Å². The SMILES string of the molecule is Cl.NCCCNC(=O)C1CSCN1C(=O)C1CCCC1. The first-order chi connectivity index (χ1) is 9.24. The molecule has 2 rings (SSSR count). The molecule has 1 atom stereocenters. The number of amides is 2. The van der Waals surface area contributed by atoms with E-state index in [1.807, 2.05) is 0 Å². The van der Waals surface area contributed by atoms with Crippen LogP contribution in [0.5, 0.6) is 0 Å². The average Bonchev–Trinajstić information content (AvgIpc) is 3.09. The van der Waals surface area contributed by atoms with Gasteiger partial charge in [-0.25, -0.2) is 0 Å². The maximum absolute atomic E-state index is 12.4. The highest BCUT2D eigenvalue weighted by molar-refractivity contribution is 7.99. The Morgan fingerprint density at radius 3 is 2.65 bits per heavy atom. The number of carbonyl (C=O) groups excluding carboxylic acids is 2. The van der Waals surface area contributed by atoms with Gasteiger partial charge in [0, 0.05) is 18.2 Å². The Hall–Kier alpha value is -0.460. The molecule has 0 aromatic carbocycles. The highest BCUT2D eigenvalue weighted by atomic mass is 35.5. The Labute approximate surface area is 130 Å². The number of carbonyl (C=O) groups is 2. The van der Waals surface area contributed by atoms with Crippen molar-refractivity contribution in [1.82, 2.24) is 10.2 Å². The van der Waals surface area contributed by atoms with Crippen LogP contribution >= 0.6 is 24.2 Å². The molecule has 0 radical (unpaired) electrons. The quantitative estimate of drug-likeness (QED) is 0.740. The van der Waals surface area contributed by atoms with Crippen molar-refractivity contribution in [1.29, 1.82) is 0 Å². The molecule has 116 valence electrons. The van der Waals surface area contributed by atoms with E-state index < -0.39 is 0 Å². The molecule has 3 N–H and O–H groups in total. The summed E-state index contributed by atoms with van der Waals surface area (Å²) in [6.45, 7) is 1.17. The number of rotatable bonds is 5. The molecule has 1 saturated heterocycles. The van der Waals surface area contributed by atoms with Crippen molar-refractivity contribution in [3.8, 4) is 0 Å². The lowest BCUT2D eigenvalue weighted by molar-refractivity contribution is -0.141. The third kappa shape index (κ3) is 4.27. The smallest absolute Gasteiger partial charge is 0.243 e. The van der Waals surface area contributed by atoms with E-state index in [0.29, 0.717) is 24.7 Å². The van der Waals surface area contributed by atoms with Gasteiger partial charge >= 0.3 is 0 Å². The summed E-state index contributed by atoms with van der Waals surface area (Å²) in [4.78, 5) is 26.3. The van der Waals surface area contributed by atoms with E-state index in [4.69, 9.17) is 5.73 Å². The summed E-state index contributed by atoms with van der Waals surface area (Å²) in [5.41, 5.74) is 5.41. The number of hydrogen-bond acceptors (Lipinski definition) is 4. The Morgan fingerprint density at radius 2 is 2.00 bits per heavy atom. The zero-order valence-electron chi connectivity index (χ0n) is 11.7. The number of halogens is 1. The molecule has 7 heteroatoms. The van der Waals surface area contributed by atoms with E-state index >= 15 is 0 Å². The van der Waals surface area contributed by atoms with Crippen molar-refractivity contribution >= 4 is 36.0 Å². The summed E-state index contributed by atoms with van der Waals surface area (Å²) in [6, 6.07) is -0.282. The van der Waals surface area contributed by atoms with Crippen molar-refractivity contribution in [2.75, 3.05) is 24.7 Å². The predicted octanol–water partition coefficient (Wildman–Crippen LogP) is 0.965. The number of nitrogens with two attached hydrogens (primary N) is 1. The minimum Gasteiger partial charge on any atom is -0.354 e. The first kappa shape index (κ1) is 17.6. The van der Waals surface area contributed by atoms with Crippen molar-refractivity contribution in [3.05, 3.63) is 0 Å². The Bertz CT molecular complexity index is 338. The zero-order valence-corrected chi connectivity index (χ0v) is 13.3. The molecule has 5 nitrogen and oxygen atoms in total. The molecule has 0 spiro atoms. The van der Waals surface area contributed by atoms with Crippen molar-refractivity contribution in [2.45, 2.75) is 38.1 Å². The lowest BCUT2D eigenvalue weighted by Crippen LogP contribution is -2.49. The fourth-order valence-electron chi connectivity index (χ4n) is 2.72. The summed E-state index contributed by atoms with van der Waals surface area (Å²) in [7, 11) is 0. The maximum Gasteiger partial charge on any atom is 0.243 e. The summed E-state index contributed by atoms with van der Waals surface area (Å²) < 4.78 is 0. The molecule has 1 unspecified atom stereocenters. The molecule has 2 fully saturated rings. The van der Waals surface area contributed by atoms with Gasteiger partial charge in [0.2, 0.25) is 11.8 Å². The van der Waals surface area contributed by atoms with Crippen LogP contribution < -0.4 is 11.1 Å². The molecule has 0 aromatic heterocycles. The normalized spacial score (nSPS) is 22.6. The number of thioether (sulfide) groups is 1. The highest BCUT2D eigenvalue weighted by Crippen LogP contribution is 2.30. The van der Waals surface area contributed by atoms with Crippen LogP contribution in [0, 0.1) is 5.92 Å². The minimum absolute atomic E-state index is 0. The van der Waals surface area contributed by atoms with Gasteiger partial charge in [-0.3, -0.25) is 9.59 Å². The molecule has 1 aliphatic heterocycles. The van der Waals surface area contributed by atoms with E-state index in [1.165, 1.54) is 0 Å². The van der Waals surface area contributed by atoms with Crippen LogP contribution in [-0.2, 0) is 9.59 Å². The van der Waals surface area contributed by atoms with Crippen LogP contribution in [0.4, 0.5) is 0 Å². The van der Waals surface area contributed by atoms with Crippen LogP contribution in [0.2, 0.25) is 0 Å². The highest BCUT2D eigenvalue weighted by Gasteiger charge is 2.37. The first-order valence-corrected chi connectivity index (χ1v) is 8.25. The van der Waals surface area contributed by atoms with Crippen LogP contribution in [0.15, 0.2) is 0 Å². The number of hydrogen-bond donors (Lipinski definition) is 2. The molecule has 0 bridgehead atoms. The first-order valence-electron chi connectivity index (χ1n) is 7.10. The van der Waals surface area contributed by atoms with Gasteiger partial charge in [0.25, 0.3) is 0 Å². The maximum atomic E-state index is 12.4.